The molecule has 0 radical (unpaired) electrons. The van der Waals surface area contributed by atoms with Gasteiger partial charge in [-0.05, 0) is 29.7 Å². The first-order valence-electron chi connectivity index (χ1n) is 7.79. The average Bonchev–Trinajstić information content (AvgIpc) is 2.62. The van der Waals surface area contributed by atoms with Crippen LogP contribution in [0.4, 0.5) is 0 Å². The van der Waals surface area contributed by atoms with Crippen molar-refractivity contribution in [2.24, 2.45) is 0 Å². The molecule has 2 aromatic rings. The number of amides is 1. The molecule has 0 fully saturated rings. The van der Waals surface area contributed by atoms with Gasteiger partial charge in [-0.15, -0.1) is 0 Å². The van der Waals surface area contributed by atoms with Gasteiger partial charge in [0.1, 0.15) is 5.75 Å². The molecule has 0 saturated carbocycles. The van der Waals surface area contributed by atoms with Gasteiger partial charge in [0.15, 0.2) is 6.61 Å². The van der Waals surface area contributed by atoms with E-state index in [1.54, 1.807) is 7.11 Å². The number of nitrogens with one attached hydrogen (secondary N) is 1. The number of hydrogen-bond donors (Lipinski definition) is 1. The largest absolute Gasteiger partial charge is 0.484 e. The average molecular weight is 313 g/mol. The first-order valence-corrected chi connectivity index (χ1v) is 7.79. The summed E-state index contributed by atoms with van der Waals surface area (Å²) in [6.07, 6.45) is 0.822. The van der Waals surface area contributed by atoms with Crippen LogP contribution in [0.15, 0.2) is 54.6 Å². The van der Waals surface area contributed by atoms with Crippen molar-refractivity contribution >= 4 is 5.91 Å². The Morgan fingerprint density at radius 1 is 1.09 bits per heavy atom. The number of benzene rings is 2. The maximum Gasteiger partial charge on any atom is 0.258 e. The molecule has 0 spiro atoms. The summed E-state index contributed by atoms with van der Waals surface area (Å²) in [5, 5.41) is 2.84. The van der Waals surface area contributed by atoms with Crippen molar-refractivity contribution in [2.45, 2.75) is 19.4 Å². The summed E-state index contributed by atoms with van der Waals surface area (Å²) in [5.74, 6) is 0.534. The van der Waals surface area contributed by atoms with Gasteiger partial charge in [0.25, 0.3) is 5.91 Å². The van der Waals surface area contributed by atoms with E-state index in [2.05, 4.69) is 12.2 Å². The Balaban J connectivity index is 1.77. The zero-order valence-electron chi connectivity index (χ0n) is 13.6. The summed E-state index contributed by atoms with van der Waals surface area (Å²) in [5.41, 5.74) is 2.28. The quantitative estimate of drug-likeness (QED) is 0.814. The van der Waals surface area contributed by atoms with Crippen LogP contribution < -0.4 is 10.1 Å². The van der Waals surface area contributed by atoms with Crippen molar-refractivity contribution in [3.05, 3.63) is 65.7 Å². The van der Waals surface area contributed by atoms with Crippen molar-refractivity contribution in [3.63, 3.8) is 0 Å². The van der Waals surface area contributed by atoms with Crippen LogP contribution in [-0.2, 0) is 16.0 Å². The summed E-state index contributed by atoms with van der Waals surface area (Å²) in [4.78, 5) is 11.9. The van der Waals surface area contributed by atoms with Crippen LogP contribution in [0, 0.1) is 0 Å². The Labute approximate surface area is 137 Å². The van der Waals surface area contributed by atoms with E-state index in [4.69, 9.17) is 9.47 Å². The molecule has 0 aliphatic carbocycles. The lowest BCUT2D eigenvalue weighted by atomic mass is 10.1. The Bertz CT molecular complexity index is 596. The fourth-order valence-corrected chi connectivity index (χ4v) is 2.23. The van der Waals surface area contributed by atoms with Crippen molar-refractivity contribution in [2.75, 3.05) is 20.3 Å². The minimum absolute atomic E-state index is 0.00328. The molecule has 0 aliphatic rings. The molecule has 122 valence electrons. The van der Waals surface area contributed by atoms with E-state index >= 15 is 0 Å². The van der Waals surface area contributed by atoms with E-state index < -0.39 is 0 Å². The summed E-state index contributed by atoms with van der Waals surface area (Å²) in [6.45, 7) is 2.51. The lowest BCUT2D eigenvalue weighted by Crippen LogP contribution is -2.33. The molecule has 0 saturated heterocycles. The van der Waals surface area contributed by atoms with Gasteiger partial charge in [0.2, 0.25) is 0 Å². The van der Waals surface area contributed by atoms with Gasteiger partial charge >= 0.3 is 0 Å². The molecule has 2 rings (SSSR count). The third kappa shape index (κ3) is 5.42. The highest BCUT2D eigenvalue weighted by Crippen LogP contribution is 2.15. The van der Waals surface area contributed by atoms with E-state index in [9.17, 15) is 4.79 Å². The van der Waals surface area contributed by atoms with Crippen molar-refractivity contribution < 1.29 is 14.3 Å². The van der Waals surface area contributed by atoms with Gasteiger partial charge in [-0.1, -0.05) is 49.4 Å². The Morgan fingerprint density at radius 3 is 2.39 bits per heavy atom. The van der Waals surface area contributed by atoms with E-state index in [-0.39, 0.29) is 18.6 Å². The van der Waals surface area contributed by atoms with Crippen LogP contribution >= 0.6 is 0 Å². The molecular formula is C19H23NO3. The van der Waals surface area contributed by atoms with Crippen molar-refractivity contribution in [1.29, 1.82) is 0 Å². The highest BCUT2D eigenvalue weighted by Gasteiger charge is 2.11. The molecule has 1 N–H and O–H groups in total. The van der Waals surface area contributed by atoms with Crippen LogP contribution in [0.3, 0.4) is 0 Å². The zero-order valence-corrected chi connectivity index (χ0v) is 13.6. The fraction of sp³-hybridized carbons (Fsp3) is 0.316. The van der Waals surface area contributed by atoms with E-state index in [0.29, 0.717) is 12.3 Å². The van der Waals surface area contributed by atoms with Gasteiger partial charge < -0.3 is 14.8 Å². The van der Waals surface area contributed by atoms with Gasteiger partial charge in [0.05, 0.1) is 6.10 Å². The number of hydrogen-bond acceptors (Lipinski definition) is 3. The molecule has 4 nitrogen and oxygen atoms in total. The Kier molecular flexibility index (Phi) is 6.63. The molecule has 23 heavy (non-hydrogen) atoms. The Morgan fingerprint density at radius 2 is 1.78 bits per heavy atom. The van der Waals surface area contributed by atoms with Gasteiger partial charge in [0, 0.05) is 13.7 Å². The van der Waals surface area contributed by atoms with Crippen molar-refractivity contribution in [3.8, 4) is 5.75 Å². The number of carbonyl (C=O) groups excluding carboxylic acids is 1. The highest BCUT2D eigenvalue weighted by atomic mass is 16.5. The number of methoxy groups -OCH3 is 1. The van der Waals surface area contributed by atoms with Gasteiger partial charge in [-0.2, -0.15) is 0 Å². The lowest BCUT2D eigenvalue weighted by molar-refractivity contribution is -0.123. The number of rotatable bonds is 8. The normalized spacial score (nSPS) is 11.7. The number of aryl methyl sites for hydroxylation is 1. The van der Waals surface area contributed by atoms with E-state index in [1.807, 2.05) is 54.6 Å². The minimum atomic E-state index is -0.164. The topological polar surface area (TPSA) is 47.6 Å². The van der Waals surface area contributed by atoms with Crippen molar-refractivity contribution in [1.82, 2.24) is 5.32 Å². The summed E-state index contributed by atoms with van der Waals surface area (Å²) >= 11 is 0. The fourth-order valence-electron chi connectivity index (χ4n) is 2.23. The second kappa shape index (κ2) is 8.96. The first kappa shape index (κ1) is 17.0. The number of carbonyl (C=O) groups is 1. The third-order valence-electron chi connectivity index (χ3n) is 3.64. The summed E-state index contributed by atoms with van der Waals surface area (Å²) < 4.78 is 10.9. The Hall–Kier alpha value is -2.33. The standard InChI is InChI=1S/C19H23NO3/c1-3-15-9-11-17(12-10-15)23-14-19(21)20-13-18(22-2)16-7-5-4-6-8-16/h4-12,18H,3,13-14H2,1-2H3,(H,20,21). The second-order valence-electron chi connectivity index (χ2n) is 5.23. The second-order valence-corrected chi connectivity index (χ2v) is 5.23. The van der Waals surface area contributed by atoms with Crippen LogP contribution in [-0.4, -0.2) is 26.2 Å². The zero-order chi connectivity index (χ0) is 16.5. The molecule has 1 amide bonds. The van der Waals surface area contributed by atoms with E-state index in [0.717, 1.165) is 12.0 Å². The van der Waals surface area contributed by atoms with Crippen LogP contribution in [0.25, 0.3) is 0 Å². The van der Waals surface area contributed by atoms with Gasteiger partial charge in [-0.25, -0.2) is 0 Å². The monoisotopic (exact) mass is 313 g/mol. The van der Waals surface area contributed by atoms with Crippen LogP contribution in [0.1, 0.15) is 24.2 Å². The van der Waals surface area contributed by atoms with Crippen LogP contribution in [0.2, 0.25) is 0 Å². The first-order chi connectivity index (χ1) is 11.2. The summed E-state index contributed by atoms with van der Waals surface area (Å²) in [6, 6.07) is 17.6. The molecule has 4 heteroatoms. The molecule has 2 aromatic carbocycles. The van der Waals surface area contributed by atoms with E-state index in [1.165, 1.54) is 5.56 Å². The molecule has 0 bridgehead atoms. The minimum Gasteiger partial charge on any atom is -0.484 e. The molecular weight excluding hydrogens is 290 g/mol. The van der Waals surface area contributed by atoms with Gasteiger partial charge in [-0.3, -0.25) is 4.79 Å². The smallest absolute Gasteiger partial charge is 0.258 e. The predicted molar refractivity (Wildman–Crippen MR) is 90.5 cm³/mol. The SMILES string of the molecule is CCc1ccc(OCC(=O)NCC(OC)c2ccccc2)cc1. The third-order valence-corrected chi connectivity index (χ3v) is 3.64. The lowest BCUT2D eigenvalue weighted by Gasteiger charge is -2.16. The highest BCUT2D eigenvalue weighted by molar-refractivity contribution is 5.77. The molecule has 1 atom stereocenters. The van der Waals surface area contributed by atoms with Crippen LogP contribution in [0.5, 0.6) is 5.75 Å². The molecule has 0 aromatic heterocycles. The summed E-state index contributed by atoms with van der Waals surface area (Å²) in [7, 11) is 1.63. The number of ether oxygens (including phenoxy) is 2. The molecule has 0 aliphatic heterocycles. The maximum absolute atomic E-state index is 11.9. The predicted octanol–water partition coefficient (Wildman–Crippen LogP) is 3.13. The molecule has 1 unspecified atom stereocenters. The maximum atomic E-state index is 11.9. The molecule has 0 heterocycles.